The van der Waals surface area contributed by atoms with Crippen LogP contribution in [-0.2, 0) is 0 Å². The van der Waals surface area contributed by atoms with Gasteiger partial charge in [0.2, 0.25) is 0 Å². The summed E-state index contributed by atoms with van der Waals surface area (Å²) in [4.78, 5) is 4.56. The first-order valence-corrected chi connectivity index (χ1v) is 6.85. The van der Waals surface area contributed by atoms with Gasteiger partial charge >= 0.3 is 0 Å². The normalized spacial score (nSPS) is 25.3. The molecule has 0 radical (unpaired) electrons. The van der Waals surface area contributed by atoms with Crippen molar-refractivity contribution in [1.82, 2.24) is 10.3 Å². The van der Waals surface area contributed by atoms with Gasteiger partial charge in [0.1, 0.15) is 10.8 Å². The lowest BCUT2D eigenvalue weighted by Crippen LogP contribution is -2.32. The SMILES string of the molecule is CC1CCCNC1c1nc2cc(F)ccc2s1. The molecule has 0 amide bonds. The van der Waals surface area contributed by atoms with Gasteiger partial charge in [0, 0.05) is 6.07 Å². The summed E-state index contributed by atoms with van der Waals surface area (Å²) in [5, 5.41) is 4.61. The summed E-state index contributed by atoms with van der Waals surface area (Å²) in [6.07, 6.45) is 2.47. The van der Waals surface area contributed by atoms with Gasteiger partial charge in [-0.3, -0.25) is 0 Å². The molecule has 2 nitrogen and oxygen atoms in total. The van der Waals surface area contributed by atoms with Crippen LogP contribution in [0.2, 0.25) is 0 Å². The van der Waals surface area contributed by atoms with Gasteiger partial charge in [-0.25, -0.2) is 9.37 Å². The fourth-order valence-electron chi connectivity index (χ4n) is 2.43. The third-order valence-electron chi connectivity index (χ3n) is 3.40. The summed E-state index contributed by atoms with van der Waals surface area (Å²) in [5.41, 5.74) is 0.782. The predicted octanol–water partition coefficient (Wildman–Crippen LogP) is 3.50. The van der Waals surface area contributed by atoms with Crippen molar-refractivity contribution < 1.29 is 4.39 Å². The highest BCUT2D eigenvalue weighted by Crippen LogP contribution is 2.34. The van der Waals surface area contributed by atoms with E-state index in [1.54, 1.807) is 11.3 Å². The first kappa shape index (κ1) is 11.1. The number of benzene rings is 1. The molecule has 1 N–H and O–H groups in total. The summed E-state index contributed by atoms with van der Waals surface area (Å²) in [5.74, 6) is 0.396. The molecule has 0 aliphatic carbocycles. The number of nitrogens with one attached hydrogen (secondary N) is 1. The van der Waals surface area contributed by atoms with Crippen LogP contribution in [0.1, 0.15) is 30.8 Å². The minimum Gasteiger partial charge on any atom is -0.308 e. The highest BCUT2D eigenvalue weighted by molar-refractivity contribution is 7.18. The zero-order valence-corrected chi connectivity index (χ0v) is 10.6. The minimum absolute atomic E-state index is 0.209. The second-order valence-corrected chi connectivity index (χ2v) is 5.78. The van der Waals surface area contributed by atoms with Crippen LogP contribution in [0.4, 0.5) is 4.39 Å². The molecular formula is C13H15FN2S. The monoisotopic (exact) mass is 250 g/mol. The summed E-state index contributed by atoms with van der Waals surface area (Å²) in [6.45, 7) is 3.31. The molecule has 90 valence electrons. The second-order valence-electron chi connectivity index (χ2n) is 4.72. The number of hydrogen-bond acceptors (Lipinski definition) is 3. The van der Waals surface area contributed by atoms with Crippen LogP contribution in [0.5, 0.6) is 0 Å². The fourth-order valence-corrected chi connectivity index (χ4v) is 3.59. The van der Waals surface area contributed by atoms with E-state index in [-0.39, 0.29) is 5.82 Å². The molecule has 17 heavy (non-hydrogen) atoms. The van der Waals surface area contributed by atoms with E-state index in [2.05, 4.69) is 17.2 Å². The fraction of sp³-hybridized carbons (Fsp3) is 0.462. The van der Waals surface area contributed by atoms with Crippen molar-refractivity contribution in [3.63, 3.8) is 0 Å². The van der Waals surface area contributed by atoms with Crippen LogP contribution in [0.15, 0.2) is 18.2 Å². The van der Waals surface area contributed by atoms with Crippen LogP contribution in [0.25, 0.3) is 10.2 Å². The molecular weight excluding hydrogens is 235 g/mol. The minimum atomic E-state index is -0.209. The van der Waals surface area contributed by atoms with Crippen molar-refractivity contribution in [3.8, 4) is 0 Å². The highest BCUT2D eigenvalue weighted by Gasteiger charge is 2.25. The lowest BCUT2D eigenvalue weighted by molar-refractivity contribution is 0.305. The molecule has 3 rings (SSSR count). The van der Waals surface area contributed by atoms with E-state index in [1.165, 1.54) is 25.0 Å². The van der Waals surface area contributed by atoms with E-state index in [0.717, 1.165) is 21.8 Å². The van der Waals surface area contributed by atoms with Crippen LogP contribution in [0, 0.1) is 11.7 Å². The topological polar surface area (TPSA) is 24.9 Å². The number of nitrogens with zero attached hydrogens (tertiary/aromatic N) is 1. The lowest BCUT2D eigenvalue weighted by atomic mass is 9.93. The van der Waals surface area contributed by atoms with Gasteiger partial charge in [-0.2, -0.15) is 0 Å². The smallest absolute Gasteiger partial charge is 0.125 e. The number of thiazole rings is 1. The molecule has 2 aromatic rings. The number of halogens is 1. The van der Waals surface area contributed by atoms with Gasteiger partial charge in [0.25, 0.3) is 0 Å². The summed E-state index contributed by atoms with van der Waals surface area (Å²) >= 11 is 1.68. The van der Waals surface area contributed by atoms with Crippen LogP contribution in [0.3, 0.4) is 0 Å². The van der Waals surface area contributed by atoms with Crippen molar-refractivity contribution in [3.05, 3.63) is 29.0 Å². The Bertz CT molecular complexity index is 537. The number of rotatable bonds is 1. The Morgan fingerprint density at radius 1 is 1.47 bits per heavy atom. The summed E-state index contributed by atoms with van der Waals surface area (Å²) in [7, 11) is 0. The van der Waals surface area contributed by atoms with Crippen molar-refractivity contribution in [2.45, 2.75) is 25.8 Å². The van der Waals surface area contributed by atoms with E-state index >= 15 is 0 Å². The average Bonchev–Trinajstić information content (AvgIpc) is 2.72. The molecule has 1 fully saturated rings. The van der Waals surface area contributed by atoms with E-state index < -0.39 is 0 Å². The van der Waals surface area contributed by atoms with E-state index in [0.29, 0.717) is 12.0 Å². The van der Waals surface area contributed by atoms with Crippen molar-refractivity contribution in [2.75, 3.05) is 6.54 Å². The zero-order valence-electron chi connectivity index (χ0n) is 9.74. The molecule has 1 aliphatic rings. The van der Waals surface area contributed by atoms with Crippen LogP contribution < -0.4 is 5.32 Å². The average molecular weight is 250 g/mol. The summed E-state index contributed by atoms with van der Waals surface area (Å²) < 4.78 is 14.2. The quantitative estimate of drug-likeness (QED) is 0.838. The highest BCUT2D eigenvalue weighted by atomic mass is 32.1. The van der Waals surface area contributed by atoms with Crippen molar-refractivity contribution in [2.24, 2.45) is 5.92 Å². The van der Waals surface area contributed by atoms with E-state index in [4.69, 9.17) is 0 Å². The molecule has 1 aliphatic heterocycles. The number of fused-ring (bicyclic) bond motifs is 1. The first-order chi connectivity index (χ1) is 8.24. The van der Waals surface area contributed by atoms with Crippen molar-refractivity contribution >= 4 is 21.6 Å². The molecule has 0 spiro atoms. The van der Waals surface area contributed by atoms with Gasteiger partial charge in [0.15, 0.2) is 0 Å². The van der Waals surface area contributed by atoms with E-state index in [1.807, 2.05) is 6.07 Å². The van der Waals surface area contributed by atoms with E-state index in [9.17, 15) is 4.39 Å². The summed E-state index contributed by atoms with van der Waals surface area (Å²) in [6, 6.07) is 5.17. The number of piperidine rings is 1. The third kappa shape index (κ3) is 2.07. The Morgan fingerprint density at radius 2 is 2.35 bits per heavy atom. The maximum atomic E-state index is 13.1. The van der Waals surface area contributed by atoms with Crippen LogP contribution in [-0.4, -0.2) is 11.5 Å². The van der Waals surface area contributed by atoms with Gasteiger partial charge < -0.3 is 5.32 Å². The molecule has 2 unspecified atom stereocenters. The Balaban J connectivity index is 1.99. The standard InChI is InChI=1S/C13H15FN2S/c1-8-3-2-6-15-12(8)13-16-10-7-9(14)4-5-11(10)17-13/h4-5,7-8,12,15H,2-3,6H2,1H3. The Morgan fingerprint density at radius 3 is 3.18 bits per heavy atom. The zero-order chi connectivity index (χ0) is 11.8. The van der Waals surface area contributed by atoms with Gasteiger partial charge in [-0.05, 0) is 37.4 Å². The molecule has 0 saturated carbocycles. The first-order valence-electron chi connectivity index (χ1n) is 6.03. The maximum absolute atomic E-state index is 13.1. The third-order valence-corrected chi connectivity index (χ3v) is 4.52. The Hall–Kier alpha value is -1.00. The second kappa shape index (κ2) is 4.35. The molecule has 1 aromatic heterocycles. The van der Waals surface area contributed by atoms with Gasteiger partial charge in [0.05, 0.1) is 16.3 Å². The number of hydrogen-bond donors (Lipinski definition) is 1. The molecule has 0 bridgehead atoms. The molecule has 1 saturated heterocycles. The van der Waals surface area contributed by atoms with Gasteiger partial charge in [-0.15, -0.1) is 11.3 Å². The molecule has 1 aromatic carbocycles. The predicted molar refractivity (Wildman–Crippen MR) is 68.7 cm³/mol. The lowest BCUT2D eigenvalue weighted by Gasteiger charge is -2.28. The molecule has 2 atom stereocenters. The maximum Gasteiger partial charge on any atom is 0.125 e. The molecule has 4 heteroatoms. The largest absolute Gasteiger partial charge is 0.308 e. The Labute approximate surface area is 104 Å². The number of aromatic nitrogens is 1. The van der Waals surface area contributed by atoms with Crippen LogP contribution >= 0.6 is 11.3 Å². The molecule has 2 heterocycles. The van der Waals surface area contributed by atoms with Gasteiger partial charge in [-0.1, -0.05) is 6.92 Å². The Kier molecular flexibility index (Phi) is 2.84. The van der Waals surface area contributed by atoms with Crippen molar-refractivity contribution in [1.29, 1.82) is 0 Å².